The van der Waals surface area contributed by atoms with Gasteiger partial charge in [-0.15, -0.1) is 0 Å². The first-order valence-electron chi connectivity index (χ1n) is 8.02. The van der Waals surface area contributed by atoms with Crippen molar-refractivity contribution < 1.29 is 14.0 Å². The van der Waals surface area contributed by atoms with Crippen LogP contribution in [0.1, 0.15) is 41.4 Å². The number of nitrogens with zero attached hydrogens (tertiary/aromatic N) is 1. The van der Waals surface area contributed by atoms with Gasteiger partial charge in [-0.2, -0.15) is 0 Å². The maximum Gasteiger partial charge on any atom is 0.286 e. The zero-order chi connectivity index (χ0) is 16.9. The second-order valence-electron chi connectivity index (χ2n) is 5.78. The molecule has 1 saturated heterocycles. The lowest BCUT2D eigenvalue weighted by atomic mass is 9.94. The van der Waals surface area contributed by atoms with E-state index in [9.17, 15) is 9.59 Å². The average molecular weight is 347 g/mol. The normalized spacial score (nSPS) is 16.5. The lowest BCUT2D eigenvalue weighted by molar-refractivity contribution is -0.139. The molecule has 1 aromatic carbocycles. The molecule has 0 spiro atoms. The summed E-state index contributed by atoms with van der Waals surface area (Å²) < 4.78 is 5.01. The first-order chi connectivity index (χ1) is 11.6. The van der Waals surface area contributed by atoms with Crippen LogP contribution in [0.2, 0.25) is 5.02 Å². The first-order valence-corrected chi connectivity index (χ1v) is 8.39. The van der Waals surface area contributed by atoms with E-state index in [0.717, 1.165) is 18.5 Å². The quantitative estimate of drug-likeness (QED) is 0.815. The number of likely N-dealkylation sites (tertiary alicyclic amines) is 1. The number of hydrogen-bond donors (Lipinski definition) is 1. The van der Waals surface area contributed by atoms with Gasteiger partial charge in [-0.25, -0.2) is 0 Å². The summed E-state index contributed by atoms with van der Waals surface area (Å²) in [4.78, 5) is 25.9. The van der Waals surface area contributed by atoms with E-state index in [-0.39, 0.29) is 23.6 Å². The molecule has 3 rings (SSSR count). The Balaban J connectivity index is 1.42. The molecular weight excluding hydrogens is 328 g/mol. The number of carbonyl (C=O) groups excluding carboxylic acids is 2. The topological polar surface area (TPSA) is 62.6 Å². The molecule has 5 nitrogen and oxygen atoms in total. The molecule has 2 aromatic rings. The molecule has 0 unspecified atom stereocenters. The largest absolute Gasteiger partial charge is 0.459 e. The Morgan fingerprint density at radius 3 is 2.67 bits per heavy atom. The van der Waals surface area contributed by atoms with Crippen LogP contribution in [-0.4, -0.2) is 29.8 Å². The van der Waals surface area contributed by atoms with Gasteiger partial charge >= 0.3 is 0 Å². The van der Waals surface area contributed by atoms with Gasteiger partial charge in [0.25, 0.3) is 5.91 Å². The fraction of sp³-hybridized carbons (Fsp3) is 0.333. The predicted octanol–water partition coefficient (Wildman–Crippen LogP) is 3.42. The number of hydrogen-bond acceptors (Lipinski definition) is 3. The monoisotopic (exact) mass is 346 g/mol. The van der Waals surface area contributed by atoms with Gasteiger partial charge in [0.1, 0.15) is 0 Å². The number of nitrogens with one attached hydrogen (secondary N) is 1. The Morgan fingerprint density at radius 2 is 2.04 bits per heavy atom. The molecule has 1 N–H and O–H groups in total. The molecule has 1 atom stereocenters. The standard InChI is InChI=1S/C18H19ClN2O3/c19-14-7-5-13(6-8-14)15-9-11-21(15)17(22)4-1-10-20-18(23)16-3-2-12-24-16/h2-3,5-8,12,15H,1,4,9-11H2,(H,20,23)/t15-/m1/s1. The van der Waals surface area contributed by atoms with Crippen molar-refractivity contribution in [1.82, 2.24) is 10.2 Å². The van der Waals surface area contributed by atoms with Crippen molar-refractivity contribution in [1.29, 1.82) is 0 Å². The molecule has 0 saturated carbocycles. The van der Waals surface area contributed by atoms with Gasteiger partial charge in [-0.05, 0) is 42.7 Å². The molecule has 1 aliphatic rings. The van der Waals surface area contributed by atoms with E-state index in [1.165, 1.54) is 6.26 Å². The summed E-state index contributed by atoms with van der Waals surface area (Å²) >= 11 is 5.90. The zero-order valence-electron chi connectivity index (χ0n) is 13.2. The number of amides is 2. The molecule has 1 aliphatic heterocycles. The van der Waals surface area contributed by atoms with Gasteiger partial charge in [-0.3, -0.25) is 9.59 Å². The lowest BCUT2D eigenvalue weighted by Crippen LogP contribution is -2.45. The maximum absolute atomic E-state index is 12.3. The van der Waals surface area contributed by atoms with Crippen molar-refractivity contribution in [2.24, 2.45) is 0 Å². The van der Waals surface area contributed by atoms with E-state index in [4.69, 9.17) is 16.0 Å². The van der Waals surface area contributed by atoms with Crippen LogP contribution in [0.4, 0.5) is 0 Å². The Hall–Kier alpha value is -2.27. The second kappa shape index (κ2) is 7.53. The van der Waals surface area contributed by atoms with Crippen LogP contribution in [0.5, 0.6) is 0 Å². The van der Waals surface area contributed by atoms with Crippen molar-refractivity contribution in [3.05, 3.63) is 59.0 Å². The molecule has 1 aromatic heterocycles. The Kier molecular flexibility index (Phi) is 5.20. The summed E-state index contributed by atoms with van der Waals surface area (Å²) in [6.45, 7) is 1.23. The molecule has 2 heterocycles. The van der Waals surface area contributed by atoms with E-state index < -0.39 is 0 Å². The summed E-state index contributed by atoms with van der Waals surface area (Å²) in [5, 5.41) is 3.44. The predicted molar refractivity (Wildman–Crippen MR) is 90.8 cm³/mol. The first kappa shape index (κ1) is 16.6. The van der Waals surface area contributed by atoms with E-state index in [1.54, 1.807) is 12.1 Å². The van der Waals surface area contributed by atoms with E-state index in [1.807, 2.05) is 29.2 Å². The van der Waals surface area contributed by atoms with Crippen LogP contribution >= 0.6 is 11.6 Å². The fourth-order valence-electron chi connectivity index (χ4n) is 2.80. The van der Waals surface area contributed by atoms with Gasteiger partial charge in [-0.1, -0.05) is 23.7 Å². The third-order valence-corrected chi connectivity index (χ3v) is 4.44. The highest BCUT2D eigenvalue weighted by Gasteiger charge is 2.32. The molecular formula is C18H19ClN2O3. The number of benzene rings is 1. The summed E-state index contributed by atoms with van der Waals surface area (Å²) in [6.07, 6.45) is 3.46. The molecule has 6 heteroatoms. The Labute approximate surface area is 145 Å². The number of carbonyl (C=O) groups is 2. The van der Waals surface area contributed by atoms with Crippen molar-refractivity contribution >= 4 is 23.4 Å². The highest BCUT2D eigenvalue weighted by atomic mass is 35.5. The molecule has 126 valence electrons. The van der Waals surface area contributed by atoms with Gasteiger partial charge in [0.05, 0.1) is 12.3 Å². The maximum atomic E-state index is 12.3. The summed E-state index contributed by atoms with van der Waals surface area (Å²) in [5.74, 6) is 0.149. The van der Waals surface area contributed by atoms with Crippen LogP contribution < -0.4 is 5.32 Å². The van der Waals surface area contributed by atoms with E-state index in [2.05, 4.69) is 5.32 Å². The van der Waals surface area contributed by atoms with Gasteiger partial charge in [0, 0.05) is 24.5 Å². The van der Waals surface area contributed by atoms with Gasteiger partial charge in [0.2, 0.25) is 5.91 Å². The molecule has 1 fully saturated rings. The lowest BCUT2D eigenvalue weighted by Gasteiger charge is -2.41. The summed E-state index contributed by atoms with van der Waals surface area (Å²) in [7, 11) is 0. The SMILES string of the molecule is O=C(NCCCC(=O)N1CC[C@@H]1c1ccc(Cl)cc1)c1ccco1. The molecule has 0 radical (unpaired) electrons. The zero-order valence-corrected chi connectivity index (χ0v) is 14.0. The number of rotatable bonds is 6. The third kappa shape index (κ3) is 3.79. The van der Waals surface area contributed by atoms with Crippen LogP contribution in [0.3, 0.4) is 0 Å². The summed E-state index contributed by atoms with van der Waals surface area (Å²) in [5.41, 5.74) is 1.12. The van der Waals surface area contributed by atoms with Crippen LogP contribution in [0.15, 0.2) is 47.1 Å². The van der Waals surface area contributed by atoms with Crippen molar-refractivity contribution in [3.63, 3.8) is 0 Å². The molecule has 0 aliphatic carbocycles. The minimum absolute atomic E-state index is 0.119. The van der Waals surface area contributed by atoms with Crippen molar-refractivity contribution in [3.8, 4) is 0 Å². The van der Waals surface area contributed by atoms with Crippen LogP contribution in [-0.2, 0) is 4.79 Å². The molecule has 0 bridgehead atoms. The minimum atomic E-state index is -0.254. The van der Waals surface area contributed by atoms with E-state index >= 15 is 0 Å². The third-order valence-electron chi connectivity index (χ3n) is 4.19. The molecule has 24 heavy (non-hydrogen) atoms. The van der Waals surface area contributed by atoms with Gasteiger partial charge < -0.3 is 14.6 Å². The van der Waals surface area contributed by atoms with Crippen molar-refractivity contribution in [2.45, 2.75) is 25.3 Å². The Morgan fingerprint density at radius 1 is 1.25 bits per heavy atom. The van der Waals surface area contributed by atoms with Crippen LogP contribution in [0.25, 0.3) is 0 Å². The Bertz CT molecular complexity index is 698. The fourth-order valence-corrected chi connectivity index (χ4v) is 2.92. The summed E-state index contributed by atoms with van der Waals surface area (Å²) in [6, 6.07) is 11.1. The highest BCUT2D eigenvalue weighted by Crippen LogP contribution is 2.34. The van der Waals surface area contributed by atoms with Gasteiger partial charge in [0.15, 0.2) is 5.76 Å². The highest BCUT2D eigenvalue weighted by molar-refractivity contribution is 6.30. The minimum Gasteiger partial charge on any atom is -0.459 e. The average Bonchev–Trinajstić information content (AvgIpc) is 3.07. The number of furan rings is 1. The van der Waals surface area contributed by atoms with Crippen LogP contribution in [0, 0.1) is 0 Å². The second-order valence-corrected chi connectivity index (χ2v) is 6.22. The molecule has 2 amide bonds. The van der Waals surface area contributed by atoms with E-state index in [0.29, 0.717) is 24.4 Å². The van der Waals surface area contributed by atoms with Crippen molar-refractivity contribution in [2.75, 3.05) is 13.1 Å². The smallest absolute Gasteiger partial charge is 0.286 e. The number of halogens is 1.